The molecule has 0 radical (unpaired) electrons. The van der Waals surface area contributed by atoms with E-state index >= 15 is 0 Å². The van der Waals surface area contributed by atoms with Gasteiger partial charge in [-0.25, -0.2) is 0 Å². The van der Waals surface area contributed by atoms with Gasteiger partial charge in [0.2, 0.25) is 0 Å². The molecule has 0 aliphatic carbocycles. The maximum atomic E-state index is 4.95. The molecule has 0 fully saturated rings. The van der Waals surface area contributed by atoms with E-state index in [9.17, 15) is 0 Å². The predicted molar refractivity (Wildman–Crippen MR) is 36.1 cm³/mol. The van der Waals surface area contributed by atoms with Gasteiger partial charge in [-0.1, -0.05) is 0 Å². The molecule has 2 heteroatoms. The summed E-state index contributed by atoms with van der Waals surface area (Å²) >= 11 is 0. The summed E-state index contributed by atoms with van der Waals surface area (Å²) in [6.45, 7) is 0.698. The molecule has 0 aliphatic heterocycles. The van der Waals surface area contributed by atoms with Crippen molar-refractivity contribution in [3.63, 3.8) is 0 Å². The molecule has 0 saturated heterocycles. The Balaban J connectivity index is 2.69. The van der Waals surface area contributed by atoms with Gasteiger partial charge in [0, 0.05) is 26.0 Å². The standard InChI is InChI=1S/C7H11NO/c1-8-5-3-4-7(8)6-9-2/h3-5H,6H2,1-2H3. The molecule has 1 aromatic heterocycles. The Morgan fingerprint density at radius 3 is 2.89 bits per heavy atom. The van der Waals surface area contributed by atoms with Gasteiger partial charge in [-0.3, -0.25) is 0 Å². The molecule has 0 amide bonds. The average molecular weight is 125 g/mol. The van der Waals surface area contributed by atoms with Crippen molar-refractivity contribution in [3.8, 4) is 0 Å². The van der Waals surface area contributed by atoms with Gasteiger partial charge in [0.15, 0.2) is 0 Å². The number of rotatable bonds is 2. The minimum atomic E-state index is 0.698. The highest BCUT2D eigenvalue weighted by molar-refractivity contribution is 5.04. The molecule has 0 bridgehead atoms. The Labute approximate surface area is 55.1 Å². The monoisotopic (exact) mass is 125 g/mol. The van der Waals surface area contributed by atoms with Gasteiger partial charge in [0.25, 0.3) is 0 Å². The van der Waals surface area contributed by atoms with Crippen LogP contribution in [0.4, 0.5) is 0 Å². The fraction of sp³-hybridized carbons (Fsp3) is 0.429. The maximum Gasteiger partial charge on any atom is 0.0863 e. The van der Waals surface area contributed by atoms with Crippen molar-refractivity contribution in [2.75, 3.05) is 7.11 Å². The fourth-order valence-electron chi connectivity index (χ4n) is 0.794. The van der Waals surface area contributed by atoms with Crippen molar-refractivity contribution in [2.24, 2.45) is 7.05 Å². The largest absolute Gasteiger partial charge is 0.378 e. The molecule has 0 N–H and O–H groups in total. The summed E-state index contributed by atoms with van der Waals surface area (Å²) in [5.41, 5.74) is 1.21. The second-order valence-electron chi connectivity index (χ2n) is 2.04. The lowest BCUT2D eigenvalue weighted by Gasteiger charge is -1.99. The molecule has 2 nitrogen and oxygen atoms in total. The van der Waals surface area contributed by atoms with Crippen LogP contribution >= 0.6 is 0 Å². The molecule has 0 aliphatic rings. The summed E-state index contributed by atoms with van der Waals surface area (Å²) < 4.78 is 6.99. The van der Waals surface area contributed by atoms with Gasteiger partial charge in [0.1, 0.15) is 0 Å². The van der Waals surface area contributed by atoms with E-state index in [0.717, 1.165) is 0 Å². The van der Waals surface area contributed by atoms with Crippen LogP contribution in [0.25, 0.3) is 0 Å². The van der Waals surface area contributed by atoms with E-state index in [4.69, 9.17) is 4.74 Å². The van der Waals surface area contributed by atoms with E-state index in [0.29, 0.717) is 6.61 Å². The molecule has 0 atom stereocenters. The van der Waals surface area contributed by atoms with Crippen molar-refractivity contribution in [1.29, 1.82) is 0 Å². The zero-order valence-corrected chi connectivity index (χ0v) is 5.79. The molecule has 0 spiro atoms. The minimum absolute atomic E-state index is 0.698. The van der Waals surface area contributed by atoms with E-state index in [2.05, 4.69) is 0 Å². The first kappa shape index (κ1) is 6.36. The Bertz CT molecular complexity index is 181. The molecular weight excluding hydrogens is 114 g/mol. The summed E-state index contributed by atoms with van der Waals surface area (Å²) in [5.74, 6) is 0. The summed E-state index contributed by atoms with van der Waals surface area (Å²) in [6, 6.07) is 4.05. The minimum Gasteiger partial charge on any atom is -0.378 e. The second kappa shape index (κ2) is 2.69. The first-order valence-corrected chi connectivity index (χ1v) is 2.93. The zero-order valence-electron chi connectivity index (χ0n) is 5.79. The third-order valence-electron chi connectivity index (χ3n) is 1.34. The van der Waals surface area contributed by atoms with E-state index in [1.807, 2.05) is 29.9 Å². The topological polar surface area (TPSA) is 14.2 Å². The molecule has 1 aromatic rings. The normalized spacial score (nSPS) is 10.0. The smallest absolute Gasteiger partial charge is 0.0863 e. The molecule has 0 saturated carbocycles. The van der Waals surface area contributed by atoms with Crippen LogP contribution in [0.15, 0.2) is 18.3 Å². The molecule has 0 aromatic carbocycles. The molecule has 1 heterocycles. The van der Waals surface area contributed by atoms with Gasteiger partial charge in [0.05, 0.1) is 6.61 Å². The molecule has 1 rings (SSSR count). The van der Waals surface area contributed by atoms with Crippen LogP contribution in [0.3, 0.4) is 0 Å². The predicted octanol–water partition coefficient (Wildman–Crippen LogP) is 1.17. The number of aromatic nitrogens is 1. The number of nitrogens with zero attached hydrogens (tertiary/aromatic N) is 1. The highest BCUT2D eigenvalue weighted by Gasteiger charge is 1.92. The van der Waals surface area contributed by atoms with E-state index in [-0.39, 0.29) is 0 Å². The van der Waals surface area contributed by atoms with E-state index < -0.39 is 0 Å². The van der Waals surface area contributed by atoms with Gasteiger partial charge in [-0.15, -0.1) is 0 Å². The SMILES string of the molecule is COCc1cccn1C. The molecular formula is C7H11NO. The highest BCUT2D eigenvalue weighted by atomic mass is 16.5. The Hall–Kier alpha value is -0.760. The van der Waals surface area contributed by atoms with Crippen molar-refractivity contribution in [3.05, 3.63) is 24.0 Å². The number of hydrogen-bond acceptors (Lipinski definition) is 1. The quantitative estimate of drug-likeness (QED) is 0.578. The Kier molecular flexibility index (Phi) is 1.90. The lowest BCUT2D eigenvalue weighted by atomic mass is 10.5. The summed E-state index contributed by atoms with van der Waals surface area (Å²) in [7, 11) is 3.71. The summed E-state index contributed by atoms with van der Waals surface area (Å²) in [5, 5.41) is 0. The van der Waals surface area contributed by atoms with Crippen molar-refractivity contribution in [1.82, 2.24) is 4.57 Å². The van der Waals surface area contributed by atoms with Gasteiger partial charge < -0.3 is 9.30 Å². The van der Waals surface area contributed by atoms with Gasteiger partial charge >= 0.3 is 0 Å². The first-order chi connectivity index (χ1) is 4.34. The van der Waals surface area contributed by atoms with Crippen molar-refractivity contribution >= 4 is 0 Å². The molecule has 9 heavy (non-hydrogen) atoms. The van der Waals surface area contributed by atoms with Crippen LogP contribution in [-0.4, -0.2) is 11.7 Å². The van der Waals surface area contributed by atoms with E-state index in [1.54, 1.807) is 7.11 Å². The Morgan fingerprint density at radius 1 is 1.67 bits per heavy atom. The number of aryl methyl sites for hydroxylation is 1. The van der Waals surface area contributed by atoms with Crippen molar-refractivity contribution in [2.45, 2.75) is 6.61 Å². The third-order valence-corrected chi connectivity index (χ3v) is 1.34. The van der Waals surface area contributed by atoms with Crippen molar-refractivity contribution < 1.29 is 4.74 Å². The summed E-state index contributed by atoms with van der Waals surface area (Å²) in [4.78, 5) is 0. The van der Waals surface area contributed by atoms with Gasteiger partial charge in [-0.2, -0.15) is 0 Å². The molecule has 0 unspecified atom stereocenters. The van der Waals surface area contributed by atoms with Crippen LogP contribution in [0.1, 0.15) is 5.69 Å². The zero-order chi connectivity index (χ0) is 6.69. The molecule has 50 valence electrons. The van der Waals surface area contributed by atoms with Crippen LogP contribution in [0.5, 0.6) is 0 Å². The summed E-state index contributed by atoms with van der Waals surface area (Å²) in [6.07, 6.45) is 2.01. The average Bonchev–Trinajstić information content (AvgIpc) is 2.18. The number of ether oxygens (including phenoxy) is 1. The third kappa shape index (κ3) is 1.33. The Morgan fingerprint density at radius 2 is 2.44 bits per heavy atom. The highest BCUT2D eigenvalue weighted by Crippen LogP contribution is 1.99. The van der Waals surface area contributed by atoms with Gasteiger partial charge in [-0.05, 0) is 12.1 Å². The van der Waals surface area contributed by atoms with Crippen LogP contribution in [-0.2, 0) is 18.4 Å². The van der Waals surface area contributed by atoms with Crippen LogP contribution in [0.2, 0.25) is 0 Å². The lowest BCUT2D eigenvalue weighted by Crippen LogP contribution is -1.95. The van der Waals surface area contributed by atoms with Crippen LogP contribution < -0.4 is 0 Å². The number of hydrogen-bond donors (Lipinski definition) is 0. The fourth-order valence-corrected chi connectivity index (χ4v) is 0.794. The van der Waals surface area contributed by atoms with Crippen LogP contribution in [0, 0.1) is 0 Å². The lowest BCUT2D eigenvalue weighted by molar-refractivity contribution is 0.179. The first-order valence-electron chi connectivity index (χ1n) is 2.93. The van der Waals surface area contributed by atoms with E-state index in [1.165, 1.54) is 5.69 Å². The maximum absolute atomic E-state index is 4.95. The number of methoxy groups -OCH3 is 1. The second-order valence-corrected chi connectivity index (χ2v) is 2.04.